The largest absolute Gasteiger partial charge is 0.399 e. The number of nitrogens with two attached hydrogens (primary N) is 1. The number of nitriles is 1. The van der Waals surface area contributed by atoms with Gasteiger partial charge in [0.1, 0.15) is 0 Å². The van der Waals surface area contributed by atoms with E-state index in [-0.39, 0.29) is 4.90 Å². The zero-order valence-corrected chi connectivity index (χ0v) is 12.6. The SMILES string of the molecule is Cc1cc(S(=O)(=O)N(C)c2ccc(N)cc2)ccc1C#N. The molecular weight excluding hydrogens is 286 g/mol. The Morgan fingerprint density at radius 3 is 2.29 bits per heavy atom. The van der Waals surface area contributed by atoms with Crippen molar-refractivity contribution >= 4 is 21.4 Å². The molecule has 0 aliphatic carbocycles. The van der Waals surface area contributed by atoms with E-state index in [2.05, 4.69) is 0 Å². The molecule has 6 heteroatoms. The van der Waals surface area contributed by atoms with E-state index >= 15 is 0 Å². The number of anilines is 2. The standard InChI is InChI=1S/C15H15N3O2S/c1-11-9-15(8-3-12(11)10-16)21(19,20)18(2)14-6-4-13(17)5-7-14/h3-9H,17H2,1-2H3. The van der Waals surface area contributed by atoms with Gasteiger partial charge in [0.15, 0.2) is 0 Å². The predicted octanol–water partition coefficient (Wildman–Crippen LogP) is 2.27. The van der Waals surface area contributed by atoms with Crippen LogP contribution in [-0.4, -0.2) is 15.5 Å². The van der Waals surface area contributed by atoms with E-state index in [4.69, 9.17) is 11.0 Å². The molecule has 0 amide bonds. The van der Waals surface area contributed by atoms with Gasteiger partial charge in [-0.1, -0.05) is 0 Å². The first-order valence-corrected chi connectivity index (χ1v) is 7.65. The van der Waals surface area contributed by atoms with Crippen LogP contribution in [0.5, 0.6) is 0 Å². The maximum Gasteiger partial charge on any atom is 0.264 e. The highest BCUT2D eigenvalue weighted by Gasteiger charge is 2.21. The summed E-state index contributed by atoms with van der Waals surface area (Å²) in [4.78, 5) is 0.151. The first-order valence-electron chi connectivity index (χ1n) is 6.21. The zero-order valence-electron chi connectivity index (χ0n) is 11.7. The maximum absolute atomic E-state index is 12.6. The van der Waals surface area contributed by atoms with Crippen LogP contribution < -0.4 is 10.0 Å². The minimum atomic E-state index is -3.67. The van der Waals surface area contributed by atoms with Crippen LogP contribution in [0.3, 0.4) is 0 Å². The highest BCUT2D eigenvalue weighted by atomic mass is 32.2. The Morgan fingerprint density at radius 1 is 1.14 bits per heavy atom. The van der Waals surface area contributed by atoms with Gasteiger partial charge in [0, 0.05) is 12.7 Å². The molecule has 0 bridgehead atoms. The van der Waals surface area contributed by atoms with E-state index in [0.29, 0.717) is 22.5 Å². The van der Waals surface area contributed by atoms with Crippen molar-refractivity contribution in [2.45, 2.75) is 11.8 Å². The van der Waals surface area contributed by atoms with Crippen LogP contribution in [0.15, 0.2) is 47.4 Å². The van der Waals surface area contributed by atoms with Gasteiger partial charge in [0.2, 0.25) is 0 Å². The Kier molecular flexibility index (Phi) is 3.87. The number of nitrogen functional groups attached to an aromatic ring is 1. The molecule has 0 heterocycles. The van der Waals surface area contributed by atoms with Crippen LogP contribution in [0.4, 0.5) is 11.4 Å². The van der Waals surface area contributed by atoms with Crippen molar-refractivity contribution in [3.05, 3.63) is 53.6 Å². The fraction of sp³-hybridized carbons (Fsp3) is 0.133. The topological polar surface area (TPSA) is 87.2 Å². The Bertz CT molecular complexity index is 806. The summed E-state index contributed by atoms with van der Waals surface area (Å²) in [6.45, 7) is 1.71. The molecule has 0 radical (unpaired) electrons. The third-order valence-corrected chi connectivity index (χ3v) is 5.01. The minimum absolute atomic E-state index is 0.151. The van der Waals surface area contributed by atoms with Gasteiger partial charge in [-0.15, -0.1) is 0 Å². The third kappa shape index (κ3) is 2.83. The fourth-order valence-electron chi connectivity index (χ4n) is 1.90. The monoisotopic (exact) mass is 301 g/mol. The van der Waals surface area contributed by atoms with E-state index in [1.165, 1.54) is 29.6 Å². The van der Waals surface area contributed by atoms with Gasteiger partial charge in [-0.2, -0.15) is 5.26 Å². The van der Waals surface area contributed by atoms with Gasteiger partial charge in [0.25, 0.3) is 10.0 Å². The van der Waals surface area contributed by atoms with Gasteiger partial charge >= 0.3 is 0 Å². The normalized spacial score (nSPS) is 10.9. The molecule has 0 saturated carbocycles. The van der Waals surface area contributed by atoms with E-state index < -0.39 is 10.0 Å². The summed E-state index contributed by atoms with van der Waals surface area (Å²) < 4.78 is 26.4. The van der Waals surface area contributed by atoms with Gasteiger partial charge in [-0.05, 0) is 55.0 Å². The van der Waals surface area contributed by atoms with Crippen molar-refractivity contribution in [1.29, 1.82) is 5.26 Å². The van der Waals surface area contributed by atoms with Crippen LogP contribution in [-0.2, 0) is 10.0 Å². The molecule has 0 fully saturated rings. The average Bonchev–Trinajstić information content (AvgIpc) is 2.47. The summed E-state index contributed by atoms with van der Waals surface area (Å²) in [6.07, 6.45) is 0. The number of hydrogen-bond donors (Lipinski definition) is 1. The lowest BCUT2D eigenvalue weighted by Gasteiger charge is -2.20. The van der Waals surface area contributed by atoms with Crippen LogP contribution in [0.1, 0.15) is 11.1 Å². The van der Waals surface area contributed by atoms with Crippen molar-refractivity contribution in [2.75, 3.05) is 17.1 Å². The summed E-state index contributed by atoms with van der Waals surface area (Å²) in [5.74, 6) is 0. The molecule has 21 heavy (non-hydrogen) atoms. The second kappa shape index (κ2) is 5.46. The van der Waals surface area contributed by atoms with Crippen LogP contribution in [0.2, 0.25) is 0 Å². The number of benzene rings is 2. The lowest BCUT2D eigenvalue weighted by Crippen LogP contribution is -2.26. The van der Waals surface area contributed by atoms with Crippen LogP contribution >= 0.6 is 0 Å². The third-order valence-electron chi connectivity index (χ3n) is 3.23. The fourth-order valence-corrected chi connectivity index (χ4v) is 3.18. The first kappa shape index (κ1) is 14.9. The Balaban J connectivity index is 2.44. The molecule has 0 aliphatic heterocycles. The molecule has 5 nitrogen and oxygen atoms in total. The molecule has 2 aromatic carbocycles. The number of aryl methyl sites for hydroxylation is 1. The Labute approximate surface area is 124 Å². The summed E-state index contributed by atoms with van der Waals surface area (Å²) in [6, 6.07) is 13.0. The lowest BCUT2D eigenvalue weighted by atomic mass is 10.1. The van der Waals surface area contributed by atoms with Crippen molar-refractivity contribution in [2.24, 2.45) is 0 Å². The van der Waals surface area contributed by atoms with Gasteiger partial charge in [0.05, 0.1) is 22.2 Å². The zero-order chi connectivity index (χ0) is 15.6. The number of sulfonamides is 1. The van der Waals surface area contributed by atoms with Crippen molar-refractivity contribution in [3.8, 4) is 6.07 Å². The molecule has 2 rings (SSSR count). The van der Waals surface area contributed by atoms with E-state index in [9.17, 15) is 8.42 Å². The van der Waals surface area contributed by atoms with E-state index in [1.807, 2.05) is 6.07 Å². The summed E-state index contributed by atoms with van der Waals surface area (Å²) in [7, 11) is -2.19. The van der Waals surface area contributed by atoms with Crippen molar-refractivity contribution in [3.63, 3.8) is 0 Å². The van der Waals surface area contributed by atoms with Gasteiger partial charge in [-0.3, -0.25) is 4.31 Å². The molecular formula is C15H15N3O2S. The van der Waals surface area contributed by atoms with Gasteiger partial charge in [-0.25, -0.2) is 8.42 Å². The maximum atomic E-state index is 12.6. The van der Waals surface area contributed by atoms with E-state index in [1.54, 1.807) is 31.2 Å². The molecule has 0 aliphatic rings. The quantitative estimate of drug-likeness (QED) is 0.881. The highest BCUT2D eigenvalue weighted by molar-refractivity contribution is 7.92. The molecule has 2 aromatic rings. The summed E-state index contributed by atoms with van der Waals surface area (Å²) in [5, 5.41) is 8.90. The minimum Gasteiger partial charge on any atom is -0.399 e. The van der Waals surface area contributed by atoms with Crippen LogP contribution in [0, 0.1) is 18.3 Å². The Morgan fingerprint density at radius 2 is 1.76 bits per heavy atom. The molecule has 0 aromatic heterocycles. The highest BCUT2D eigenvalue weighted by Crippen LogP contribution is 2.24. The molecule has 0 saturated heterocycles. The molecule has 108 valence electrons. The molecule has 0 atom stereocenters. The van der Waals surface area contributed by atoms with E-state index in [0.717, 1.165) is 0 Å². The summed E-state index contributed by atoms with van der Waals surface area (Å²) in [5.41, 5.74) is 7.78. The predicted molar refractivity (Wildman–Crippen MR) is 82.3 cm³/mol. The van der Waals surface area contributed by atoms with Gasteiger partial charge < -0.3 is 5.73 Å². The number of rotatable bonds is 3. The average molecular weight is 301 g/mol. The molecule has 0 spiro atoms. The van der Waals surface area contributed by atoms with Crippen LogP contribution in [0.25, 0.3) is 0 Å². The summed E-state index contributed by atoms with van der Waals surface area (Å²) >= 11 is 0. The second-order valence-corrected chi connectivity index (χ2v) is 6.62. The first-order chi connectivity index (χ1) is 9.86. The smallest absolute Gasteiger partial charge is 0.264 e. The number of hydrogen-bond acceptors (Lipinski definition) is 4. The van der Waals surface area contributed by atoms with Crippen molar-refractivity contribution in [1.82, 2.24) is 0 Å². The lowest BCUT2D eigenvalue weighted by molar-refractivity contribution is 0.594. The Hall–Kier alpha value is -2.52. The second-order valence-electron chi connectivity index (χ2n) is 4.65. The number of nitrogens with zero attached hydrogens (tertiary/aromatic N) is 2. The van der Waals surface area contributed by atoms with Crippen molar-refractivity contribution < 1.29 is 8.42 Å². The molecule has 2 N–H and O–H groups in total. The molecule has 0 unspecified atom stereocenters.